The van der Waals surface area contributed by atoms with Gasteiger partial charge in [-0.1, -0.05) is 12.1 Å². The average molecular weight is 372 g/mol. The summed E-state index contributed by atoms with van der Waals surface area (Å²) in [7, 11) is 0. The maximum Gasteiger partial charge on any atom is 0.150 e. The summed E-state index contributed by atoms with van der Waals surface area (Å²) in [5, 5.41) is 2.01. The molecule has 6 heteroatoms. The van der Waals surface area contributed by atoms with Gasteiger partial charge >= 0.3 is 0 Å². The number of benzene rings is 4. The molecule has 0 spiro atoms. The van der Waals surface area contributed by atoms with Gasteiger partial charge in [0.2, 0.25) is 0 Å². The van der Waals surface area contributed by atoms with E-state index in [4.69, 9.17) is 32.4 Å². The lowest BCUT2D eigenvalue weighted by molar-refractivity contribution is 0.484. The zero-order chi connectivity index (χ0) is 19.7. The third kappa shape index (κ3) is 3.57. The Morgan fingerprint density at radius 3 is 1.29 bits per heavy atom. The van der Waals surface area contributed by atoms with Crippen molar-refractivity contribution < 1.29 is 9.47 Å². The molecule has 0 atom stereocenters. The molecule has 4 aromatic rings. The number of nitrogens with two attached hydrogens (primary N) is 4. The van der Waals surface area contributed by atoms with E-state index in [1.165, 1.54) is 0 Å². The first kappa shape index (κ1) is 17.4. The molecule has 0 fully saturated rings. The highest BCUT2D eigenvalue weighted by Crippen LogP contribution is 2.34. The monoisotopic (exact) mass is 372 g/mol. The molecular weight excluding hydrogens is 352 g/mol. The zero-order valence-corrected chi connectivity index (χ0v) is 15.1. The maximum absolute atomic E-state index is 5.96. The number of hydrogen-bond acceptors (Lipinski definition) is 6. The van der Waals surface area contributed by atoms with Crippen molar-refractivity contribution >= 4 is 33.5 Å². The lowest BCUT2D eigenvalue weighted by Crippen LogP contribution is -1.95. The van der Waals surface area contributed by atoms with Gasteiger partial charge in [0.25, 0.3) is 0 Å². The van der Waals surface area contributed by atoms with Gasteiger partial charge in [0, 0.05) is 11.4 Å². The standard InChI is InChI=1S/C22H20N4O2/c23-15-3-7-21(19(25)11-15)27-17-5-1-13-9-18(6-2-14(13)10-17)28-22-8-4-16(24)12-20(22)26/h1-12H,23-26H2. The molecule has 0 saturated heterocycles. The Balaban J connectivity index is 1.58. The third-order valence-corrected chi connectivity index (χ3v) is 4.31. The van der Waals surface area contributed by atoms with Crippen LogP contribution in [0.1, 0.15) is 0 Å². The first-order valence-electron chi connectivity index (χ1n) is 8.67. The number of hydrogen-bond donors (Lipinski definition) is 4. The van der Waals surface area contributed by atoms with E-state index in [1.54, 1.807) is 36.4 Å². The van der Waals surface area contributed by atoms with Crippen molar-refractivity contribution in [1.29, 1.82) is 0 Å². The van der Waals surface area contributed by atoms with Gasteiger partial charge in [0.1, 0.15) is 23.0 Å². The summed E-state index contributed by atoms with van der Waals surface area (Å²) in [4.78, 5) is 0. The van der Waals surface area contributed by atoms with Crippen molar-refractivity contribution in [1.82, 2.24) is 0 Å². The van der Waals surface area contributed by atoms with Crippen molar-refractivity contribution in [2.24, 2.45) is 0 Å². The Morgan fingerprint density at radius 2 is 0.893 bits per heavy atom. The van der Waals surface area contributed by atoms with Gasteiger partial charge in [-0.15, -0.1) is 0 Å². The quantitative estimate of drug-likeness (QED) is 0.383. The van der Waals surface area contributed by atoms with E-state index in [1.807, 2.05) is 36.4 Å². The lowest BCUT2D eigenvalue weighted by Gasteiger charge is -2.11. The summed E-state index contributed by atoms with van der Waals surface area (Å²) in [5.41, 5.74) is 25.5. The normalized spacial score (nSPS) is 10.7. The van der Waals surface area contributed by atoms with Crippen LogP contribution in [-0.4, -0.2) is 0 Å². The second kappa shape index (κ2) is 6.92. The van der Waals surface area contributed by atoms with E-state index in [-0.39, 0.29) is 0 Å². The highest BCUT2D eigenvalue weighted by Gasteiger charge is 2.07. The van der Waals surface area contributed by atoms with Gasteiger partial charge < -0.3 is 32.4 Å². The highest BCUT2D eigenvalue weighted by molar-refractivity contribution is 5.85. The summed E-state index contributed by atoms with van der Waals surface area (Å²) in [6.07, 6.45) is 0. The van der Waals surface area contributed by atoms with Crippen LogP contribution in [0.15, 0.2) is 72.8 Å². The minimum Gasteiger partial charge on any atom is -0.455 e. The molecule has 0 radical (unpaired) electrons. The SMILES string of the molecule is Nc1ccc(Oc2ccc3cc(Oc4ccc(N)cc4N)ccc3c2)c(N)c1. The van der Waals surface area contributed by atoms with Crippen LogP contribution in [0.25, 0.3) is 10.8 Å². The largest absolute Gasteiger partial charge is 0.455 e. The van der Waals surface area contributed by atoms with Crippen molar-refractivity contribution in [2.45, 2.75) is 0 Å². The van der Waals surface area contributed by atoms with Crippen LogP contribution < -0.4 is 32.4 Å². The summed E-state index contributed by atoms with van der Waals surface area (Å²) in [6.45, 7) is 0. The Hall–Kier alpha value is -4.06. The first-order valence-corrected chi connectivity index (χ1v) is 8.67. The van der Waals surface area contributed by atoms with Crippen molar-refractivity contribution in [3.05, 3.63) is 72.8 Å². The minimum absolute atomic E-state index is 0.491. The molecule has 0 saturated carbocycles. The fraction of sp³-hybridized carbons (Fsp3) is 0. The smallest absolute Gasteiger partial charge is 0.150 e. The zero-order valence-electron chi connectivity index (χ0n) is 15.1. The van der Waals surface area contributed by atoms with E-state index >= 15 is 0 Å². The van der Waals surface area contributed by atoms with Crippen LogP contribution in [0.4, 0.5) is 22.7 Å². The fourth-order valence-corrected chi connectivity index (χ4v) is 2.90. The second-order valence-corrected chi connectivity index (χ2v) is 6.47. The molecule has 4 rings (SSSR count). The van der Waals surface area contributed by atoms with E-state index in [2.05, 4.69) is 0 Å². The van der Waals surface area contributed by atoms with Crippen molar-refractivity contribution in [3.63, 3.8) is 0 Å². The molecule has 0 amide bonds. The van der Waals surface area contributed by atoms with E-state index < -0.39 is 0 Å². The van der Waals surface area contributed by atoms with Crippen LogP contribution in [-0.2, 0) is 0 Å². The molecule has 6 nitrogen and oxygen atoms in total. The number of fused-ring (bicyclic) bond motifs is 1. The third-order valence-electron chi connectivity index (χ3n) is 4.31. The van der Waals surface area contributed by atoms with Crippen LogP contribution in [0, 0.1) is 0 Å². The molecule has 0 bridgehead atoms. The molecule has 0 heterocycles. The van der Waals surface area contributed by atoms with Gasteiger partial charge in [0.05, 0.1) is 11.4 Å². The van der Waals surface area contributed by atoms with Crippen LogP contribution >= 0.6 is 0 Å². The molecule has 0 aliphatic rings. The van der Waals surface area contributed by atoms with Crippen molar-refractivity contribution in [3.8, 4) is 23.0 Å². The summed E-state index contributed by atoms with van der Waals surface area (Å²) >= 11 is 0. The molecule has 4 aromatic carbocycles. The maximum atomic E-state index is 5.96. The number of nitrogen functional groups attached to an aromatic ring is 4. The van der Waals surface area contributed by atoms with E-state index in [9.17, 15) is 0 Å². The lowest BCUT2D eigenvalue weighted by atomic mass is 10.1. The van der Waals surface area contributed by atoms with E-state index in [0.29, 0.717) is 45.7 Å². The van der Waals surface area contributed by atoms with Gasteiger partial charge in [-0.05, 0) is 71.4 Å². The summed E-state index contributed by atoms with van der Waals surface area (Å²) in [5.74, 6) is 2.49. The number of rotatable bonds is 4. The first-order chi connectivity index (χ1) is 13.5. The average Bonchev–Trinajstić information content (AvgIpc) is 2.66. The van der Waals surface area contributed by atoms with Crippen LogP contribution in [0.2, 0.25) is 0 Å². The predicted molar refractivity (Wildman–Crippen MR) is 115 cm³/mol. The number of anilines is 4. The Morgan fingerprint density at radius 1 is 0.464 bits per heavy atom. The summed E-state index contributed by atoms with van der Waals surface area (Å²) in [6, 6.07) is 21.9. The second-order valence-electron chi connectivity index (χ2n) is 6.47. The van der Waals surface area contributed by atoms with Gasteiger partial charge in [-0.3, -0.25) is 0 Å². The van der Waals surface area contributed by atoms with E-state index in [0.717, 1.165) is 10.8 Å². The minimum atomic E-state index is 0.491. The Bertz CT molecular complexity index is 1080. The van der Waals surface area contributed by atoms with Gasteiger partial charge in [-0.2, -0.15) is 0 Å². The Labute approximate surface area is 162 Å². The summed E-state index contributed by atoms with van der Waals surface area (Å²) < 4.78 is 11.8. The fourth-order valence-electron chi connectivity index (χ4n) is 2.90. The Kier molecular flexibility index (Phi) is 4.29. The highest BCUT2D eigenvalue weighted by atomic mass is 16.5. The predicted octanol–water partition coefficient (Wildman–Crippen LogP) is 4.75. The molecule has 28 heavy (non-hydrogen) atoms. The van der Waals surface area contributed by atoms with Crippen LogP contribution in [0.5, 0.6) is 23.0 Å². The molecule has 8 N–H and O–H groups in total. The van der Waals surface area contributed by atoms with Crippen LogP contribution in [0.3, 0.4) is 0 Å². The number of ether oxygens (including phenoxy) is 2. The molecule has 0 aliphatic heterocycles. The molecular formula is C22H20N4O2. The molecule has 0 aliphatic carbocycles. The molecule has 0 aromatic heterocycles. The van der Waals surface area contributed by atoms with Crippen molar-refractivity contribution in [2.75, 3.05) is 22.9 Å². The topological polar surface area (TPSA) is 123 Å². The van der Waals surface area contributed by atoms with Gasteiger partial charge in [0.15, 0.2) is 0 Å². The molecule has 140 valence electrons. The molecule has 0 unspecified atom stereocenters. The van der Waals surface area contributed by atoms with Gasteiger partial charge in [-0.25, -0.2) is 0 Å².